The van der Waals surface area contributed by atoms with Gasteiger partial charge in [0.05, 0.1) is 12.3 Å². The van der Waals surface area contributed by atoms with E-state index in [2.05, 4.69) is 58.6 Å². The molecule has 2 heterocycles. The summed E-state index contributed by atoms with van der Waals surface area (Å²) in [6.45, 7) is 8.78. The maximum Gasteiger partial charge on any atom is 0.191 e. The summed E-state index contributed by atoms with van der Waals surface area (Å²) in [6, 6.07) is 13.1. The van der Waals surface area contributed by atoms with Crippen molar-refractivity contribution in [3.05, 3.63) is 59.5 Å². The molecule has 0 saturated carbocycles. The summed E-state index contributed by atoms with van der Waals surface area (Å²) in [5, 5.41) is 6.86. The van der Waals surface area contributed by atoms with E-state index in [0.29, 0.717) is 12.6 Å². The van der Waals surface area contributed by atoms with Crippen LogP contribution in [0.2, 0.25) is 0 Å². The zero-order valence-electron chi connectivity index (χ0n) is 16.3. The fraction of sp³-hybridized carbons (Fsp3) is 0.476. The molecule has 1 aliphatic rings. The molecule has 27 heavy (non-hydrogen) atoms. The number of nitrogens with one attached hydrogen (secondary N) is 2. The molecule has 0 bridgehead atoms. The summed E-state index contributed by atoms with van der Waals surface area (Å²) in [4.78, 5) is 7.22. The molecule has 1 unspecified atom stereocenters. The van der Waals surface area contributed by atoms with E-state index < -0.39 is 0 Å². The van der Waals surface area contributed by atoms with Crippen molar-refractivity contribution in [1.29, 1.82) is 0 Å². The van der Waals surface area contributed by atoms with Crippen molar-refractivity contribution in [2.75, 3.05) is 26.2 Å². The van der Waals surface area contributed by atoms with Crippen LogP contribution in [0, 0.1) is 6.92 Å². The van der Waals surface area contributed by atoms with Gasteiger partial charge in [0, 0.05) is 13.1 Å². The molecule has 1 atom stereocenters. The van der Waals surface area contributed by atoms with Crippen LogP contribution in [0.25, 0.3) is 0 Å². The SMILES string of the molecule is CCNC(=NCc1ccco1)NCC(c1ccc(C)cc1)N1CCCC1.I. The Morgan fingerprint density at radius 2 is 1.89 bits per heavy atom. The minimum atomic E-state index is 0. The average molecular weight is 482 g/mol. The number of hydrogen-bond donors (Lipinski definition) is 2. The number of guanidine groups is 1. The lowest BCUT2D eigenvalue weighted by atomic mass is 10.0. The molecule has 0 radical (unpaired) electrons. The molecule has 1 fully saturated rings. The maximum atomic E-state index is 5.38. The van der Waals surface area contributed by atoms with Gasteiger partial charge in [0.25, 0.3) is 0 Å². The smallest absolute Gasteiger partial charge is 0.191 e. The van der Waals surface area contributed by atoms with Gasteiger partial charge in [0.1, 0.15) is 12.3 Å². The predicted molar refractivity (Wildman–Crippen MR) is 122 cm³/mol. The predicted octanol–water partition coefficient (Wildman–Crippen LogP) is 4.10. The molecule has 5 nitrogen and oxygen atoms in total. The Morgan fingerprint density at radius 3 is 2.52 bits per heavy atom. The molecule has 0 spiro atoms. The Labute approximate surface area is 179 Å². The molecule has 0 amide bonds. The van der Waals surface area contributed by atoms with Crippen LogP contribution in [-0.2, 0) is 6.54 Å². The highest BCUT2D eigenvalue weighted by molar-refractivity contribution is 14.0. The Hall–Kier alpha value is -1.54. The summed E-state index contributed by atoms with van der Waals surface area (Å²) in [5.41, 5.74) is 2.67. The van der Waals surface area contributed by atoms with E-state index in [9.17, 15) is 0 Å². The van der Waals surface area contributed by atoms with Gasteiger partial charge < -0.3 is 15.1 Å². The van der Waals surface area contributed by atoms with Gasteiger partial charge in [0.2, 0.25) is 0 Å². The second-order valence-electron chi connectivity index (χ2n) is 6.82. The highest BCUT2D eigenvalue weighted by atomic mass is 127. The van der Waals surface area contributed by atoms with Gasteiger partial charge in [-0.15, -0.1) is 24.0 Å². The Morgan fingerprint density at radius 1 is 1.15 bits per heavy atom. The Balaban J connectivity index is 0.00000261. The molecule has 6 heteroatoms. The highest BCUT2D eigenvalue weighted by Gasteiger charge is 2.23. The van der Waals surface area contributed by atoms with E-state index in [4.69, 9.17) is 4.42 Å². The second kappa shape index (κ2) is 11.3. The monoisotopic (exact) mass is 482 g/mol. The van der Waals surface area contributed by atoms with Crippen LogP contribution < -0.4 is 10.6 Å². The molecule has 2 N–H and O–H groups in total. The highest BCUT2D eigenvalue weighted by Crippen LogP contribution is 2.24. The van der Waals surface area contributed by atoms with E-state index in [1.54, 1.807) is 6.26 Å². The van der Waals surface area contributed by atoms with Gasteiger partial charge in [-0.05, 0) is 57.5 Å². The van der Waals surface area contributed by atoms with Gasteiger partial charge in [-0.2, -0.15) is 0 Å². The van der Waals surface area contributed by atoms with Crippen LogP contribution in [-0.4, -0.2) is 37.0 Å². The minimum Gasteiger partial charge on any atom is -0.467 e. The van der Waals surface area contributed by atoms with Crippen molar-refractivity contribution in [2.45, 2.75) is 39.3 Å². The number of benzene rings is 1. The van der Waals surface area contributed by atoms with Gasteiger partial charge >= 0.3 is 0 Å². The molecule has 2 aromatic rings. The van der Waals surface area contributed by atoms with Crippen LogP contribution in [0.3, 0.4) is 0 Å². The number of rotatable bonds is 7. The third-order valence-corrected chi connectivity index (χ3v) is 4.82. The van der Waals surface area contributed by atoms with Crippen LogP contribution in [0.15, 0.2) is 52.1 Å². The second-order valence-corrected chi connectivity index (χ2v) is 6.82. The van der Waals surface area contributed by atoms with E-state index in [1.165, 1.54) is 37.1 Å². The number of hydrogen-bond acceptors (Lipinski definition) is 3. The summed E-state index contributed by atoms with van der Waals surface area (Å²) in [7, 11) is 0. The maximum absolute atomic E-state index is 5.38. The number of aliphatic imine (C=N–C) groups is 1. The van der Waals surface area contributed by atoms with Crippen molar-refractivity contribution in [3.63, 3.8) is 0 Å². The standard InChI is InChI=1S/C21H30N4O.HI/c1-3-22-21(23-15-19-7-6-14-26-19)24-16-20(25-12-4-5-13-25)18-10-8-17(2)9-11-18;/h6-11,14,20H,3-5,12-13,15-16H2,1-2H3,(H2,22,23,24);1H. The normalized spacial score (nSPS) is 16.0. The fourth-order valence-corrected chi connectivity index (χ4v) is 3.39. The first-order valence-electron chi connectivity index (χ1n) is 9.61. The van der Waals surface area contributed by atoms with E-state index in [-0.39, 0.29) is 24.0 Å². The molecular weight excluding hydrogens is 451 g/mol. The first kappa shape index (κ1) is 21.8. The van der Waals surface area contributed by atoms with Crippen LogP contribution in [0.4, 0.5) is 0 Å². The van der Waals surface area contributed by atoms with E-state index >= 15 is 0 Å². The third kappa shape index (κ3) is 6.53. The van der Waals surface area contributed by atoms with Crippen molar-refractivity contribution in [1.82, 2.24) is 15.5 Å². The van der Waals surface area contributed by atoms with E-state index in [0.717, 1.165) is 24.8 Å². The fourth-order valence-electron chi connectivity index (χ4n) is 3.39. The lowest BCUT2D eigenvalue weighted by Crippen LogP contribution is -2.42. The van der Waals surface area contributed by atoms with Crippen LogP contribution in [0.5, 0.6) is 0 Å². The zero-order chi connectivity index (χ0) is 18.2. The van der Waals surface area contributed by atoms with Crippen molar-refractivity contribution < 1.29 is 4.42 Å². The minimum absolute atomic E-state index is 0. The van der Waals surface area contributed by atoms with Gasteiger partial charge in [-0.1, -0.05) is 29.8 Å². The Kier molecular flexibility index (Phi) is 9.14. The summed E-state index contributed by atoms with van der Waals surface area (Å²) in [6.07, 6.45) is 4.26. The van der Waals surface area contributed by atoms with Crippen LogP contribution in [0.1, 0.15) is 42.7 Å². The third-order valence-electron chi connectivity index (χ3n) is 4.82. The molecule has 1 aliphatic heterocycles. The molecule has 0 aliphatic carbocycles. The first-order valence-corrected chi connectivity index (χ1v) is 9.61. The van der Waals surface area contributed by atoms with Crippen molar-refractivity contribution in [2.24, 2.45) is 4.99 Å². The number of aryl methyl sites for hydroxylation is 1. The average Bonchev–Trinajstić information content (AvgIpc) is 3.35. The molecule has 148 valence electrons. The van der Waals surface area contributed by atoms with Crippen LogP contribution >= 0.6 is 24.0 Å². The Bertz CT molecular complexity index is 679. The summed E-state index contributed by atoms with van der Waals surface area (Å²) < 4.78 is 5.38. The summed E-state index contributed by atoms with van der Waals surface area (Å²) in [5.74, 6) is 1.71. The number of nitrogens with zero attached hydrogens (tertiary/aromatic N) is 2. The lowest BCUT2D eigenvalue weighted by Gasteiger charge is -2.29. The number of likely N-dealkylation sites (tertiary alicyclic amines) is 1. The first-order chi connectivity index (χ1) is 12.8. The molecule has 1 aromatic carbocycles. The van der Waals surface area contributed by atoms with Crippen molar-refractivity contribution in [3.8, 4) is 0 Å². The van der Waals surface area contributed by atoms with E-state index in [1.807, 2.05) is 12.1 Å². The number of furan rings is 1. The molecule has 1 aromatic heterocycles. The van der Waals surface area contributed by atoms with Gasteiger partial charge in [0.15, 0.2) is 5.96 Å². The van der Waals surface area contributed by atoms with Crippen molar-refractivity contribution >= 4 is 29.9 Å². The summed E-state index contributed by atoms with van der Waals surface area (Å²) >= 11 is 0. The largest absolute Gasteiger partial charge is 0.467 e. The van der Waals surface area contributed by atoms with Gasteiger partial charge in [-0.3, -0.25) is 4.90 Å². The molecular formula is C21H31IN4O. The lowest BCUT2D eigenvalue weighted by molar-refractivity contribution is 0.245. The topological polar surface area (TPSA) is 52.8 Å². The number of halogens is 1. The molecule has 3 rings (SSSR count). The molecule has 1 saturated heterocycles. The quantitative estimate of drug-likeness (QED) is 0.355. The zero-order valence-corrected chi connectivity index (χ0v) is 18.6. The van der Waals surface area contributed by atoms with Gasteiger partial charge in [-0.25, -0.2) is 4.99 Å².